The second-order valence-electron chi connectivity index (χ2n) is 4.52. The lowest BCUT2D eigenvalue weighted by atomic mass is 10.2. The molecule has 0 bridgehead atoms. The zero-order valence-corrected chi connectivity index (χ0v) is 13.1. The molecule has 6 heteroatoms. The van der Waals surface area contributed by atoms with E-state index >= 15 is 0 Å². The van der Waals surface area contributed by atoms with Crippen LogP contribution in [0.2, 0.25) is 0 Å². The van der Waals surface area contributed by atoms with Crippen LogP contribution >= 0.6 is 15.9 Å². The van der Waals surface area contributed by atoms with Crippen LogP contribution in [-0.4, -0.2) is 8.42 Å². The zero-order chi connectivity index (χ0) is 14.9. The van der Waals surface area contributed by atoms with Gasteiger partial charge < -0.3 is 5.73 Å². The smallest absolute Gasteiger partial charge is 0.182 e. The molecule has 0 fully saturated rings. The van der Waals surface area contributed by atoms with Gasteiger partial charge in [-0.2, -0.15) is 0 Å². The van der Waals surface area contributed by atoms with Crippen molar-refractivity contribution in [1.82, 2.24) is 0 Å². The predicted molar refractivity (Wildman–Crippen MR) is 80.6 cm³/mol. The number of halogens is 2. The lowest BCUT2D eigenvalue weighted by molar-refractivity contribution is 0.594. The van der Waals surface area contributed by atoms with Gasteiger partial charge >= 0.3 is 0 Å². The van der Waals surface area contributed by atoms with E-state index in [0.717, 1.165) is 0 Å². The maximum Gasteiger partial charge on any atom is 0.182 e. The second kappa shape index (κ2) is 5.54. The Morgan fingerprint density at radius 1 is 1.20 bits per heavy atom. The normalized spacial score (nSPS) is 11.6. The Balaban J connectivity index is 2.41. The number of nitrogen functional groups attached to an aromatic ring is 1. The van der Waals surface area contributed by atoms with E-state index < -0.39 is 15.7 Å². The molecule has 0 amide bonds. The van der Waals surface area contributed by atoms with Gasteiger partial charge in [0.1, 0.15) is 5.82 Å². The third kappa shape index (κ3) is 3.19. The summed E-state index contributed by atoms with van der Waals surface area (Å²) in [6.07, 6.45) is 0. The largest absolute Gasteiger partial charge is 0.399 e. The number of sulfone groups is 1. The quantitative estimate of drug-likeness (QED) is 0.855. The SMILES string of the molecule is Cc1cc(N)ccc1S(=O)(=O)Cc1ccc(F)cc1Br. The fourth-order valence-corrected chi connectivity index (χ4v) is 4.26. The fraction of sp³-hybridized carbons (Fsp3) is 0.143. The van der Waals surface area contributed by atoms with Crippen LogP contribution in [0.5, 0.6) is 0 Å². The molecule has 0 radical (unpaired) electrons. The Morgan fingerprint density at radius 2 is 1.90 bits per heavy atom. The predicted octanol–water partition coefficient (Wildman–Crippen LogP) is 3.45. The minimum absolute atomic E-state index is 0.196. The third-order valence-corrected chi connectivity index (χ3v) is 5.45. The highest BCUT2D eigenvalue weighted by Gasteiger charge is 2.19. The van der Waals surface area contributed by atoms with Crippen molar-refractivity contribution in [2.75, 3.05) is 5.73 Å². The van der Waals surface area contributed by atoms with Crippen molar-refractivity contribution < 1.29 is 12.8 Å². The van der Waals surface area contributed by atoms with Crippen LogP contribution in [0, 0.1) is 12.7 Å². The highest BCUT2D eigenvalue weighted by Crippen LogP contribution is 2.26. The standard InChI is InChI=1S/C14H13BrFNO2S/c1-9-6-12(17)4-5-14(9)20(18,19)8-10-2-3-11(16)7-13(10)15/h2-7H,8,17H2,1H3. The first-order valence-corrected chi connectivity index (χ1v) is 8.27. The Kier molecular flexibility index (Phi) is 4.15. The summed E-state index contributed by atoms with van der Waals surface area (Å²) in [5.41, 5.74) is 7.25. The van der Waals surface area contributed by atoms with Crippen LogP contribution in [0.3, 0.4) is 0 Å². The van der Waals surface area contributed by atoms with Gasteiger partial charge in [-0.15, -0.1) is 0 Å². The summed E-state index contributed by atoms with van der Waals surface area (Å²) >= 11 is 3.18. The third-order valence-electron chi connectivity index (χ3n) is 2.89. The minimum atomic E-state index is -3.50. The van der Waals surface area contributed by atoms with Crippen molar-refractivity contribution in [3.05, 3.63) is 57.8 Å². The Bertz CT molecular complexity index is 760. The summed E-state index contributed by atoms with van der Waals surface area (Å²) in [4.78, 5) is 0.239. The lowest BCUT2D eigenvalue weighted by Crippen LogP contribution is -2.08. The van der Waals surface area contributed by atoms with E-state index in [9.17, 15) is 12.8 Å². The van der Waals surface area contributed by atoms with E-state index in [4.69, 9.17) is 5.73 Å². The fourth-order valence-electron chi connectivity index (χ4n) is 1.94. The van der Waals surface area contributed by atoms with Gasteiger partial charge in [-0.1, -0.05) is 22.0 Å². The van der Waals surface area contributed by atoms with Crippen LogP contribution in [0.4, 0.5) is 10.1 Å². The average molecular weight is 358 g/mol. The molecule has 0 saturated heterocycles. The molecule has 2 rings (SSSR count). The van der Waals surface area contributed by atoms with Crippen LogP contribution in [0.1, 0.15) is 11.1 Å². The molecule has 0 aromatic heterocycles. The Morgan fingerprint density at radius 3 is 2.50 bits per heavy atom. The molecule has 0 saturated carbocycles. The molecule has 2 aromatic rings. The van der Waals surface area contributed by atoms with Crippen LogP contribution < -0.4 is 5.73 Å². The number of aryl methyl sites for hydroxylation is 1. The monoisotopic (exact) mass is 357 g/mol. The number of nitrogens with two attached hydrogens (primary N) is 1. The van der Waals surface area contributed by atoms with Crippen molar-refractivity contribution >= 4 is 31.5 Å². The lowest BCUT2D eigenvalue weighted by Gasteiger charge is -2.10. The van der Waals surface area contributed by atoms with Crippen molar-refractivity contribution in [2.45, 2.75) is 17.6 Å². The summed E-state index contributed by atoms with van der Waals surface area (Å²) in [7, 11) is -3.50. The van der Waals surface area contributed by atoms with E-state index in [1.807, 2.05) is 0 Å². The van der Waals surface area contributed by atoms with Gasteiger partial charge in [0.15, 0.2) is 9.84 Å². The molecule has 2 N–H and O–H groups in total. The molecule has 3 nitrogen and oxygen atoms in total. The van der Waals surface area contributed by atoms with Gasteiger partial charge in [-0.25, -0.2) is 12.8 Å². The number of hydrogen-bond acceptors (Lipinski definition) is 3. The molecule has 0 unspecified atom stereocenters. The number of hydrogen-bond donors (Lipinski definition) is 1. The summed E-state index contributed by atoms with van der Waals surface area (Å²) in [5, 5.41) is 0. The number of benzene rings is 2. The van der Waals surface area contributed by atoms with E-state index in [2.05, 4.69) is 15.9 Å². The molecular weight excluding hydrogens is 345 g/mol. The van der Waals surface area contributed by atoms with E-state index in [1.54, 1.807) is 19.1 Å². The van der Waals surface area contributed by atoms with Gasteiger partial charge in [0.05, 0.1) is 10.6 Å². The molecule has 20 heavy (non-hydrogen) atoms. The summed E-state index contributed by atoms with van der Waals surface area (Å²) in [6.45, 7) is 1.70. The van der Waals surface area contributed by atoms with Crippen molar-refractivity contribution in [3.8, 4) is 0 Å². The van der Waals surface area contributed by atoms with Crippen molar-refractivity contribution in [2.24, 2.45) is 0 Å². The van der Waals surface area contributed by atoms with Gasteiger partial charge in [0.25, 0.3) is 0 Å². The maximum absolute atomic E-state index is 13.0. The Hall–Kier alpha value is -1.40. The summed E-state index contributed by atoms with van der Waals surface area (Å²) in [5.74, 6) is -0.611. The molecule has 0 heterocycles. The molecule has 0 aliphatic rings. The average Bonchev–Trinajstić information content (AvgIpc) is 2.32. The topological polar surface area (TPSA) is 60.2 Å². The Labute approximate surface area is 125 Å². The van der Waals surface area contributed by atoms with Crippen LogP contribution in [0.15, 0.2) is 45.8 Å². The first-order valence-electron chi connectivity index (χ1n) is 5.82. The molecule has 2 aromatic carbocycles. The van der Waals surface area contributed by atoms with Gasteiger partial charge in [-0.3, -0.25) is 0 Å². The number of anilines is 1. The molecule has 106 valence electrons. The highest BCUT2D eigenvalue weighted by molar-refractivity contribution is 9.10. The summed E-state index contributed by atoms with van der Waals surface area (Å²) in [6, 6.07) is 8.62. The van der Waals surface area contributed by atoms with E-state index in [1.165, 1.54) is 24.3 Å². The summed E-state index contributed by atoms with van der Waals surface area (Å²) < 4.78 is 38.3. The molecule has 0 spiro atoms. The van der Waals surface area contributed by atoms with Crippen molar-refractivity contribution in [3.63, 3.8) is 0 Å². The van der Waals surface area contributed by atoms with Crippen LogP contribution in [-0.2, 0) is 15.6 Å². The molecule has 0 atom stereocenters. The molecule has 0 aliphatic heterocycles. The second-order valence-corrected chi connectivity index (χ2v) is 7.33. The van der Waals surface area contributed by atoms with Gasteiger partial charge in [0.2, 0.25) is 0 Å². The number of rotatable bonds is 3. The van der Waals surface area contributed by atoms with Crippen LogP contribution in [0.25, 0.3) is 0 Å². The first kappa shape index (κ1) is 15.0. The molecule has 0 aliphatic carbocycles. The van der Waals surface area contributed by atoms with E-state index in [-0.39, 0.29) is 10.6 Å². The van der Waals surface area contributed by atoms with E-state index in [0.29, 0.717) is 21.3 Å². The first-order chi connectivity index (χ1) is 9.29. The van der Waals surface area contributed by atoms with Crippen molar-refractivity contribution in [1.29, 1.82) is 0 Å². The zero-order valence-electron chi connectivity index (χ0n) is 10.7. The minimum Gasteiger partial charge on any atom is -0.399 e. The molecular formula is C14H13BrFNO2S. The maximum atomic E-state index is 13.0. The van der Waals surface area contributed by atoms with Gasteiger partial charge in [0, 0.05) is 10.2 Å². The highest BCUT2D eigenvalue weighted by atomic mass is 79.9. The van der Waals surface area contributed by atoms with Gasteiger partial charge in [-0.05, 0) is 48.4 Å².